The van der Waals surface area contributed by atoms with Crippen molar-refractivity contribution >= 4 is 19.8 Å². The molecule has 0 aromatic heterocycles. The molecule has 0 aliphatic heterocycles. The Labute approximate surface area is 383 Å². The van der Waals surface area contributed by atoms with Gasteiger partial charge in [0.1, 0.15) is 19.8 Å². The van der Waals surface area contributed by atoms with Gasteiger partial charge in [-0.1, -0.05) is 218 Å². The summed E-state index contributed by atoms with van der Waals surface area (Å²) in [5, 5.41) is 0. The SMILES string of the molecule is CCCC/C=C\C/C=C\CCCCCCCC(=O)OC(COC(=O)CCCCCCCCCCCCCCCCCCCCCCCCCC)COP(=O)([O-])OCC[N+](C)(C)C. The maximum atomic E-state index is 12.7. The number of rotatable bonds is 48. The maximum Gasteiger partial charge on any atom is 0.306 e. The van der Waals surface area contributed by atoms with Crippen LogP contribution in [0.2, 0.25) is 0 Å². The number of likely N-dealkylation sites (N-methyl/N-ethyl adjacent to an activating group) is 1. The second kappa shape index (κ2) is 44.7. The molecule has 0 saturated carbocycles. The van der Waals surface area contributed by atoms with Crippen LogP contribution >= 0.6 is 7.82 Å². The third-order valence-electron chi connectivity index (χ3n) is 11.5. The monoisotopic (exact) mass is 898 g/mol. The van der Waals surface area contributed by atoms with Crippen LogP contribution in [-0.2, 0) is 32.7 Å². The third kappa shape index (κ3) is 48.0. The summed E-state index contributed by atoms with van der Waals surface area (Å²) in [7, 11) is 1.16. The van der Waals surface area contributed by atoms with Gasteiger partial charge in [-0.3, -0.25) is 14.2 Å². The molecule has 0 radical (unpaired) electrons. The van der Waals surface area contributed by atoms with Crippen molar-refractivity contribution in [3.05, 3.63) is 24.3 Å². The number of carbonyl (C=O) groups is 2. The van der Waals surface area contributed by atoms with Crippen LogP contribution in [0.25, 0.3) is 0 Å². The Kier molecular flexibility index (Phi) is 43.6. The van der Waals surface area contributed by atoms with Crippen LogP contribution in [0.1, 0.15) is 245 Å². The lowest BCUT2D eigenvalue weighted by Crippen LogP contribution is -2.37. The molecule has 0 aliphatic carbocycles. The van der Waals surface area contributed by atoms with Crippen LogP contribution in [0.3, 0.4) is 0 Å². The average molecular weight is 898 g/mol. The molecule has 0 spiro atoms. The average Bonchev–Trinajstić information content (AvgIpc) is 3.23. The second-order valence-electron chi connectivity index (χ2n) is 18.9. The number of allylic oxidation sites excluding steroid dienone is 4. The lowest BCUT2D eigenvalue weighted by atomic mass is 10.0. The highest BCUT2D eigenvalue weighted by atomic mass is 31.2. The lowest BCUT2D eigenvalue weighted by molar-refractivity contribution is -0.870. The Balaban J connectivity index is 4.14. The van der Waals surface area contributed by atoms with E-state index in [1.54, 1.807) is 0 Å². The minimum Gasteiger partial charge on any atom is -0.756 e. The third-order valence-corrected chi connectivity index (χ3v) is 12.4. The highest BCUT2D eigenvalue weighted by Crippen LogP contribution is 2.38. The van der Waals surface area contributed by atoms with Crippen LogP contribution in [0, 0.1) is 0 Å². The number of nitrogens with zero attached hydrogens (tertiary/aromatic N) is 1. The molecule has 0 N–H and O–H groups in total. The van der Waals surface area contributed by atoms with Gasteiger partial charge in [0.25, 0.3) is 7.82 Å². The van der Waals surface area contributed by atoms with Gasteiger partial charge in [-0.15, -0.1) is 0 Å². The molecule has 0 saturated heterocycles. The number of esters is 2. The van der Waals surface area contributed by atoms with E-state index in [1.807, 2.05) is 21.1 Å². The van der Waals surface area contributed by atoms with Crippen LogP contribution in [0.5, 0.6) is 0 Å². The molecule has 0 amide bonds. The van der Waals surface area contributed by atoms with Gasteiger partial charge in [-0.2, -0.15) is 0 Å². The van der Waals surface area contributed by atoms with Crippen molar-refractivity contribution in [3.8, 4) is 0 Å². The lowest BCUT2D eigenvalue weighted by Gasteiger charge is -2.28. The Hall–Kier alpha value is -1.51. The number of quaternary nitrogens is 1. The van der Waals surface area contributed by atoms with E-state index in [0.717, 1.165) is 64.2 Å². The summed E-state index contributed by atoms with van der Waals surface area (Å²) in [6.45, 7) is 4.21. The first kappa shape index (κ1) is 60.5. The molecule has 0 aromatic carbocycles. The highest BCUT2D eigenvalue weighted by Gasteiger charge is 2.21. The van der Waals surface area contributed by atoms with Gasteiger partial charge >= 0.3 is 11.9 Å². The second-order valence-corrected chi connectivity index (χ2v) is 20.3. The first-order valence-electron chi connectivity index (χ1n) is 26.0. The number of ether oxygens (including phenoxy) is 2. The minimum atomic E-state index is -4.63. The molecule has 0 bridgehead atoms. The molecule has 10 heteroatoms. The van der Waals surface area contributed by atoms with E-state index in [4.69, 9.17) is 18.5 Å². The zero-order chi connectivity index (χ0) is 45.7. The topological polar surface area (TPSA) is 111 Å². The van der Waals surface area contributed by atoms with E-state index < -0.39 is 26.5 Å². The molecule has 0 aromatic rings. The van der Waals surface area contributed by atoms with Gasteiger partial charge in [0.2, 0.25) is 0 Å². The van der Waals surface area contributed by atoms with Crippen LogP contribution in [0.4, 0.5) is 0 Å². The fourth-order valence-electron chi connectivity index (χ4n) is 7.38. The molecule has 0 aliphatic rings. The number of carbonyl (C=O) groups excluding carboxylic acids is 2. The highest BCUT2D eigenvalue weighted by molar-refractivity contribution is 7.45. The van der Waals surface area contributed by atoms with Crippen molar-refractivity contribution in [2.24, 2.45) is 0 Å². The Bertz CT molecular complexity index is 1110. The quantitative estimate of drug-likeness (QED) is 0.0195. The van der Waals surface area contributed by atoms with Gasteiger partial charge < -0.3 is 27.9 Å². The van der Waals surface area contributed by atoms with Crippen LogP contribution in [-0.4, -0.2) is 70.0 Å². The Morgan fingerprint density at radius 1 is 0.500 bits per heavy atom. The van der Waals surface area contributed by atoms with Crippen molar-refractivity contribution in [2.45, 2.75) is 251 Å². The summed E-state index contributed by atoms with van der Waals surface area (Å²) >= 11 is 0. The van der Waals surface area contributed by atoms with Gasteiger partial charge in [0.05, 0.1) is 27.7 Å². The number of phosphoric acid groups is 1. The predicted molar refractivity (Wildman–Crippen MR) is 259 cm³/mol. The maximum absolute atomic E-state index is 12.7. The van der Waals surface area contributed by atoms with Crippen molar-refractivity contribution in [1.82, 2.24) is 0 Å². The van der Waals surface area contributed by atoms with Crippen molar-refractivity contribution in [3.63, 3.8) is 0 Å². The molecule has 9 nitrogen and oxygen atoms in total. The standard InChI is InChI=1S/C52H100NO8P/c1-6-8-10-12-14-16-18-20-22-23-24-25-26-27-28-29-30-31-33-34-36-38-40-42-44-51(54)58-48-50(49-60-62(56,57)59-47-46-53(3,4)5)61-52(55)45-43-41-39-37-35-32-21-19-17-15-13-11-9-7-2/h13,15,19,21,50H,6-12,14,16-18,20,22-49H2,1-5H3/b15-13-,21-19-. The first-order chi connectivity index (χ1) is 30.0. The largest absolute Gasteiger partial charge is 0.756 e. The molecule has 62 heavy (non-hydrogen) atoms. The van der Waals surface area contributed by atoms with E-state index in [9.17, 15) is 19.0 Å². The summed E-state index contributed by atoms with van der Waals surface area (Å²) in [5.41, 5.74) is 0. The molecular formula is C52H100NO8P. The Morgan fingerprint density at radius 3 is 1.32 bits per heavy atom. The summed E-state index contributed by atoms with van der Waals surface area (Å²) < 4.78 is 34.0. The van der Waals surface area contributed by atoms with E-state index in [-0.39, 0.29) is 32.0 Å². The van der Waals surface area contributed by atoms with E-state index in [2.05, 4.69) is 38.2 Å². The number of hydrogen-bond donors (Lipinski definition) is 0. The summed E-state index contributed by atoms with van der Waals surface area (Å²) in [4.78, 5) is 37.7. The van der Waals surface area contributed by atoms with Gasteiger partial charge in [-0.25, -0.2) is 0 Å². The molecule has 0 heterocycles. The number of phosphoric ester groups is 1. The smallest absolute Gasteiger partial charge is 0.306 e. The summed E-state index contributed by atoms with van der Waals surface area (Å²) in [6.07, 6.45) is 50.8. The molecule has 2 unspecified atom stereocenters. The zero-order valence-corrected chi connectivity index (χ0v) is 42.2. The van der Waals surface area contributed by atoms with Crippen molar-refractivity contribution in [2.75, 3.05) is 47.5 Å². The van der Waals surface area contributed by atoms with Gasteiger partial charge in [-0.05, 0) is 38.5 Å². The summed E-state index contributed by atoms with van der Waals surface area (Å²) in [5.74, 6) is -0.839. The Morgan fingerprint density at radius 2 is 0.887 bits per heavy atom. The number of hydrogen-bond acceptors (Lipinski definition) is 8. The molecule has 0 rings (SSSR count). The fourth-order valence-corrected chi connectivity index (χ4v) is 8.11. The van der Waals surface area contributed by atoms with Crippen LogP contribution in [0.15, 0.2) is 24.3 Å². The van der Waals surface area contributed by atoms with Gasteiger partial charge in [0, 0.05) is 12.8 Å². The molecule has 0 fully saturated rings. The van der Waals surface area contributed by atoms with Crippen molar-refractivity contribution in [1.29, 1.82) is 0 Å². The molecular weight excluding hydrogens is 798 g/mol. The fraction of sp³-hybridized carbons (Fsp3) is 0.885. The summed E-state index contributed by atoms with van der Waals surface area (Å²) in [6, 6.07) is 0. The first-order valence-corrected chi connectivity index (χ1v) is 27.5. The predicted octanol–water partition coefficient (Wildman–Crippen LogP) is 14.8. The van der Waals surface area contributed by atoms with E-state index in [0.29, 0.717) is 17.4 Å². The van der Waals surface area contributed by atoms with Crippen molar-refractivity contribution < 1.29 is 42.1 Å². The number of unbranched alkanes of at least 4 members (excludes halogenated alkanes) is 30. The van der Waals surface area contributed by atoms with Crippen LogP contribution < -0.4 is 4.89 Å². The zero-order valence-electron chi connectivity index (χ0n) is 41.3. The molecule has 366 valence electrons. The van der Waals surface area contributed by atoms with E-state index >= 15 is 0 Å². The minimum absolute atomic E-state index is 0.0317. The van der Waals surface area contributed by atoms with Gasteiger partial charge in [0.15, 0.2) is 6.10 Å². The molecule has 2 atom stereocenters. The normalized spacial score (nSPS) is 13.6. The van der Waals surface area contributed by atoms with E-state index in [1.165, 1.54) is 148 Å².